The van der Waals surface area contributed by atoms with Crippen molar-refractivity contribution in [1.82, 2.24) is 0 Å². The lowest BCUT2D eigenvalue weighted by Crippen LogP contribution is -2.76. The van der Waals surface area contributed by atoms with E-state index < -0.39 is 0 Å². The predicted molar refractivity (Wildman–Crippen MR) is 56.1 cm³/mol. The Kier molecular flexibility index (Phi) is 6.59. The molecule has 2 N–H and O–H groups in total. The molecule has 0 aliphatic rings. The smallest absolute Gasteiger partial charge is 0.180 e. The second kappa shape index (κ2) is 6.89. The third kappa shape index (κ3) is 4.27. The van der Waals surface area contributed by atoms with Crippen LogP contribution >= 0.6 is 11.6 Å². The van der Waals surface area contributed by atoms with E-state index in [1.54, 1.807) is 12.6 Å². The van der Waals surface area contributed by atoms with Gasteiger partial charge >= 0.3 is 0 Å². The summed E-state index contributed by atoms with van der Waals surface area (Å²) in [5.74, 6) is 0. The highest BCUT2D eigenvalue weighted by Gasteiger charge is 2.02. The van der Waals surface area contributed by atoms with E-state index in [9.17, 15) is 0 Å². The predicted octanol–water partition coefficient (Wildman–Crippen LogP) is 2.43. The van der Waals surface area contributed by atoms with Crippen molar-refractivity contribution in [3.8, 4) is 0 Å². The van der Waals surface area contributed by atoms with Gasteiger partial charge in [0.05, 0.1) is 7.11 Å². The van der Waals surface area contributed by atoms with Crippen molar-refractivity contribution in [2.45, 2.75) is 20.8 Å². The van der Waals surface area contributed by atoms with Crippen LogP contribution in [0.25, 0.3) is 0 Å². The number of quaternary nitrogens is 1. The zero-order valence-electron chi connectivity index (χ0n) is 8.60. The molecule has 0 amide bonds. The lowest BCUT2D eigenvalue weighted by Gasteiger charge is -1.99. The van der Waals surface area contributed by atoms with Gasteiger partial charge in [-0.15, -0.1) is 0 Å². The van der Waals surface area contributed by atoms with E-state index in [4.69, 9.17) is 16.4 Å². The third-order valence-electron chi connectivity index (χ3n) is 1.40. The van der Waals surface area contributed by atoms with E-state index in [1.807, 2.05) is 39.0 Å². The molecule has 0 heterocycles. The minimum Gasteiger partial charge on any atom is -0.204 e. The maximum atomic E-state index is 5.86. The van der Waals surface area contributed by atoms with E-state index in [0.29, 0.717) is 0 Å². The number of halogens is 1. The van der Waals surface area contributed by atoms with Crippen LogP contribution in [-0.4, -0.2) is 7.11 Å². The SMILES string of the molecule is CC.CO[NH2+]c1cc(C)ccc1Cl. The largest absolute Gasteiger partial charge is 0.204 e. The van der Waals surface area contributed by atoms with Gasteiger partial charge in [-0.1, -0.05) is 31.5 Å². The Labute approximate surface area is 84.8 Å². The molecule has 0 fully saturated rings. The lowest BCUT2D eigenvalue weighted by molar-refractivity contribution is -0.830. The highest BCUT2D eigenvalue weighted by Crippen LogP contribution is 2.17. The van der Waals surface area contributed by atoms with Crippen molar-refractivity contribution >= 4 is 17.3 Å². The molecule has 0 spiro atoms. The summed E-state index contributed by atoms with van der Waals surface area (Å²) in [4.78, 5) is 4.85. The van der Waals surface area contributed by atoms with E-state index in [0.717, 1.165) is 10.7 Å². The van der Waals surface area contributed by atoms with Crippen LogP contribution in [0.5, 0.6) is 0 Å². The molecule has 0 saturated heterocycles. The summed E-state index contributed by atoms with van der Waals surface area (Å²) >= 11 is 5.86. The number of nitrogens with two attached hydrogens (primary N) is 1. The minimum atomic E-state index is 0.720. The maximum Gasteiger partial charge on any atom is 0.180 e. The molecule has 0 aliphatic carbocycles. The first-order valence-electron chi connectivity index (χ1n) is 4.36. The van der Waals surface area contributed by atoms with E-state index in [2.05, 4.69) is 0 Å². The van der Waals surface area contributed by atoms with Gasteiger partial charge in [0.25, 0.3) is 0 Å². The van der Waals surface area contributed by atoms with Crippen LogP contribution in [0.3, 0.4) is 0 Å². The zero-order chi connectivity index (χ0) is 10.3. The van der Waals surface area contributed by atoms with Crippen molar-refractivity contribution in [1.29, 1.82) is 0 Å². The Morgan fingerprint density at radius 2 is 1.92 bits per heavy atom. The first-order valence-corrected chi connectivity index (χ1v) is 4.74. The third-order valence-corrected chi connectivity index (χ3v) is 1.74. The molecule has 2 nitrogen and oxygen atoms in total. The molecule has 0 unspecified atom stereocenters. The summed E-state index contributed by atoms with van der Waals surface area (Å²) in [6, 6.07) is 5.81. The molecule has 0 aliphatic heterocycles. The molecule has 0 bridgehead atoms. The lowest BCUT2D eigenvalue weighted by atomic mass is 10.2. The van der Waals surface area contributed by atoms with Crippen molar-refractivity contribution in [3.63, 3.8) is 0 Å². The number of benzene rings is 1. The Bertz CT molecular complexity index is 251. The quantitative estimate of drug-likeness (QED) is 0.579. The van der Waals surface area contributed by atoms with Crippen LogP contribution in [0.2, 0.25) is 5.02 Å². The van der Waals surface area contributed by atoms with E-state index >= 15 is 0 Å². The van der Waals surface area contributed by atoms with Gasteiger partial charge in [-0.05, 0) is 18.6 Å². The fraction of sp³-hybridized carbons (Fsp3) is 0.400. The van der Waals surface area contributed by atoms with Gasteiger partial charge in [-0.2, -0.15) is 5.48 Å². The first-order chi connectivity index (χ1) is 6.24. The Hall–Kier alpha value is -0.570. The molecule has 0 radical (unpaired) electrons. The van der Waals surface area contributed by atoms with Crippen LogP contribution < -0.4 is 5.48 Å². The normalized spacial score (nSPS) is 9.00. The van der Waals surface area contributed by atoms with Crippen LogP contribution in [0.15, 0.2) is 18.2 Å². The summed E-state index contributed by atoms with van der Waals surface area (Å²) in [5, 5.41) is 0.720. The summed E-state index contributed by atoms with van der Waals surface area (Å²) in [6.45, 7) is 6.02. The molecule has 0 atom stereocenters. The van der Waals surface area contributed by atoms with Gasteiger partial charge in [-0.3, -0.25) is 0 Å². The second-order valence-corrected chi connectivity index (χ2v) is 2.79. The highest BCUT2D eigenvalue weighted by atomic mass is 35.5. The van der Waals surface area contributed by atoms with E-state index in [-0.39, 0.29) is 0 Å². The van der Waals surface area contributed by atoms with Crippen LogP contribution in [0.4, 0.5) is 5.69 Å². The fourth-order valence-electron chi connectivity index (χ4n) is 0.880. The molecule has 3 heteroatoms. The van der Waals surface area contributed by atoms with Crippen LogP contribution in [0, 0.1) is 6.92 Å². The van der Waals surface area contributed by atoms with Crippen molar-refractivity contribution in [2.75, 3.05) is 7.11 Å². The average molecular weight is 203 g/mol. The summed E-state index contributed by atoms with van der Waals surface area (Å²) in [7, 11) is 1.61. The molecule has 1 aromatic rings. The summed E-state index contributed by atoms with van der Waals surface area (Å²) in [6.07, 6.45) is 0. The zero-order valence-corrected chi connectivity index (χ0v) is 9.35. The van der Waals surface area contributed by atoms with Crippen molar-refractivity contribution in [3.05, 3.63) is 28.8 Å². The van der Waals surface area contributed by atoms with Crippen LogP contribution in [-0.2, 0) is 4.84 Å². The summed E-state index contributed by atoms with van der Waals surface area (Å²) in [5.41, 5.74) is 3.74. The monoisotopic (exact) mass is 202 g/mol. The van der Waals surface area contributed by atoms with Gasteiger partial charge in [0, 0.05) is 6.07 Å². The highest BCUT2D eigenvalue weighted by molar-refractivity contribution is 6.32. The second-order valence-electron chi connectivity index (χ2n) is 2.38. The molecule has 1 aromatic carbocycles. The number of aryl methyl sites for hydroxylation is 1. The molecule has 0 saturated carbocycles. The van der Waals surface area contributed by atoms with Gasteiger partial charge in [0.15, 0.2) is 5.69 Å². The minimum absolute atomic E-state index is 0.720. The number of hydrogen-bond acceptors (Lipinski definition) is 1. The molecular weight excluding hydrogens is 186 g/mol. The first kappa shape index (κ1) is 12.4. The van der Waals surface area contributed by atoms with Gasteiger partial charge < -0.3 is 0 Å². The molecular formula is C10H17ClNO+. The number of rotatable bonds is 2. The van der Waals surface area contributed by atoms with Gasteiger partial charge in [0.2, 0.25) is 0 Å². The van der Waals surface area contributed by atoms with Crippen LogP contribution in [0.1, 0.15) is 19.4 Å². The standard InChI is InChI=1S/C8H10ClNO.C2H6/c1-6-3-4-7(9)8(5-6)10-11-2;1-2/h3-5,10H,1-2H3;1-2H3/p+1. The molecule has 1 rings (SSSR count). The summed E-state index contributed by atoms with van der Waals surface area (Å²) < 4.78 is 0. The Balaban J connectivity index is 0.000000671. The van der Waals surface area contributed by atoms with E-state index in [1.165, 1.54) is 5.56 Å². The molecule has 0 aromatic heterocycles. The number of hydrogen-bond donors (Lipinski definition) is 1. The average Bonchev–Trinajstić information content (AvgIpc) is 2.15. The van der Waals surface area contributed by atoms with Gasteiger partial charge in [0.1, 0.15) is 5.02 Å². The molecule has 74 valence electrons. The fourth-order valence-corrected chi connectivity index (χ4v) is 1.04. The maximum absolute atomic E-state index is 5.86. The van der Waals surface area contributed by atoms with Crippen molar-refractivity contribution in [2.24, 2.45) is 0 Å². The topological polar surface area (TPSA) is 25.8 Å². The molecule has 13 heavy (non-hydrogen) atoms. The van der Waals surface area contributed by atoms with Gasteiger partial charge in [-0.25, -0.2) is 4.84 Å². The van der Waals surface area contributed by atoms with Crippen molar-refractivity contribution < 1.29 is 10.3 Å². The Morgan fingerprint density at radius 1 is 1.31 bits per heavy atom. The Morgan fingerprint density at radius 3 is 2.46 bits per heavy atom.